The van der Waals surface area contributed by atoms with Crippen molar-refractivity contribution in [1.29, 1.82) is 0 Å². The third-order valence-electron chi connectivity index (χ3n) is 5.98. The Balaban J connectivity index is 1.03. The van der Waals surface area contributed by atoms with Crippen LogP contribution in [0.1, 0.15) is 24.0 Å². The molecule has 0 fully saturated rings. The lowest BCUT2D eigenvalue weighted by Gasteiger charge is -2.12. The molecule has 0 saturated carbocycles. The highest BCUT2D eigenvalue weighted by Gasteiger charge is 2.34. The van der Waals surface area contributed by atoms with Crippen LogP contribution in [0.4, 0.5) is 22.0 Å². The summed E-state index contributed by atoms with van der Waals surface area (Å²) in [5, 5.41) is 9.60. The maximum absolute atomic E-state index is 13.8. The van der Waals surface area contributed by atoms with E-state index in [-0.39, 0.29) is 12.1 Å². The first-order chi connectivity index (χ1) is 19.3. The Labute approximate surface area is 224 Å². The first kappa shape index (κ1) is 27.4. The van der Waals surface area contributed by atoms with Gasteiger partial charge in [-0.25, -0.2) is 13.8 Å². The Hall–Kier alpha value is -4.19. The number of fused-ring (bicyclic) bond motifs is 3. The van der Waals surface area contributed by atoms with E-state index in [1.807, 2.05) is 24.3 Å². The normalized spacial score (nSPS) is 12.7. The summed E-state index contributed by atoms with van der Waals surface area (Å²) in [6.07, 6.45) is -0.286. The van der Waals surface area contributed by atoms with Crippen LogP contribution in [0.15, 0.2) is 53.9 Å². The monoisotopic (exact) mass is 560 g/mol. The number of benzene rings is 2. The number of hydrogen-bond donors (Lipinski definition) is 1. The SMILES string of the molecule is Fc1cc(CNCCCCOCCOc2nc3cc(C4=[N+]=N4)ccc3c3cnccc23)cc(F)c1OC(F)(F)F. The van der Waals surface area contributed by atoms with Crippen molar-refractivity contribution in [2.75, 3.05) is 26.4 Å². The summed E-state index contributed by atoms with van der Waals surface area (Å²) in [6.45, 7) is 1.72. The summed E-state index contributed by atoms with van der Waals surface area (Å²) in [5.74, 6) is -3.12. The zero-order valence-electron chi connectivity index (χ0n) is 21.0. The molecule has 40 heavy (non-hydrogen) atoms. The Bertz CT molecular complexity index is 1580. The molecule has 2 aromatic carbocycles. The van der Waals surface area contributed by atoms with Crippen LogP contribution in [-0.2, 0) is 11.3 Å². The number of amidine groups is 1. The summed E-state index contributed by atoms with van der Waals surface area (Å²) in [7, 11) is 0. The molecule has 0 unspecified atom stereocenters. The third kappa shape index (κ3) is 6.87. The average molecular weight is 561 g/mol. The minimum Gasteiger partial charge on any atom is -0.475 e. The van der Waals surface area contributed by atoms with Crippen LogP contribution in [0.3, 0.4) is 0 Å². The van der Waals surface area contributed by atoms with Crippen molar-refractivity contribution in [2.24, 2.45) is 5.11 Å². The average Bonchev–Trinajstić information content (AvgIpc) is 3.77. The number of nitrogens with one attached hydrogen (secondary N) is 1. The number of unbranched alkanes of at least 4 members (excludes halogenated alkanes) is 1. The molecule has 0 saturated heterocycles. The van der Waals surface area contributed by atoms with Gasteiger partial charge in [-0.05, 0) is 55.3 Å². The van der Waals surface area contributed by atoms with Crippen LogP contribution in [0, 0.1) is 11.6 Å². The summed E-state index contributed by atoms with van der Waals surface area (Å²) < 4.78 is 79.3. The van der Waals surface area contributed by atoms with Gasteiger partial charge in [0.15, 0.2) is 11.6 Å². The lowest BCUT2D eigenvalue weighted by Crippen LogP contribution is -2.20. The van der Waals surface area contributed by atoms with Crippen molar-refractivity contribution in [2.45, 2.75) is 25.7 Å². The van der Waals surface area contributed by atoms with E-state index in [0.29, 0.717) is 50.9 Å². The van der Waals surface area contributed by atoms with Crippen molar-refractivity contribution in [3.8, 4) is 11.6 Å². The molecule has 4 aromatic rings. The molecule has 0 amide bonds. The van der Waals surface area contributed by atoms with Crippen LogP contribution >= 0.6 is 0 Å². The second-order valence-corrected chi connectivity index (χ2v) is 8.87. The lowest BCUT2D eigenvalue weighted by molar-refractivity contribution is -0.276. The number of nitrogens with zero attached hydrogens (tertiary/aromatic N) is 4. The number of rotatable bonds is 13. The maximum atomic E-state index is 13.8. The summed E-state index contributed by atoms with van der Waals surface area (Å²) >= 11 is 0. The number of ether oxygens (including phenoxy) is 3. The molecule has 2 aromatic heterocycles. The van der Waals surface area contributed by atoms with E-state index in [1.54, 1.807) is 12.4 Å². The zero-order valence-corrected chi connectivity index (χ0v) is 21.0. The van der Waals surface area contributed by atoms with Crippen molar-refractivity contribution in [3.63, 3.8) is 0 Å². The number of alkyl halides is 3. The Kier molecular flexibility index (Phi) is 8.15. The molecule has 0 radical (unpaired) electrons. The van der Waals surface area contributed by atoms with E-state index >= 15 is 0 Å². The van der Waals surface area contributed by atoms with Crippen molar-refractivity contribution in [3.05, 3.63) is 71.6 Å². The number of halogens is 5. The number of pyridine rings is 2. The van der Waals surface area contributed by atoms with Crippen LogP contribution in [-0.4, -0.2) is 53.3 Å². The van der Waals surface area contributed by atoms with Gasteiger partial charge in [-0.1, -0.05) is 6.07 Å². The van der Waals surface area contributed by atoms with Crippen molar-refractivity contribution < 1.29 is 41.0 Å². The van der Waals surface area contributed by atoms with E-state index in [2.05, 4.69) is 29.9 Å². The standard InChI is InChI=1S/C27H23F5N5O3/c28-21-11-16(12-22(29)24(21)40-27(30,31)32)14-33-6-1-2-8-38-9-10-39-26-19-5-7-34-15-20(19)18-4-3-17(25-36-37-25)13-23(18)35-26/h3-5,7,11-13,15,33H,1-2,6,8-10,14H2/q+1. The predicted molar refractivity (Wildman–Crippen MR) is 134 cm³/mol. The third-order valence-corrected chi connectivity index (χ3v) is 5.98. The second kappa shape index (κ2) is 11.9. The summed E-state index contributed by atoms with van der Waals surface area (Å²) in [4.78, 5) is 12.8. The van der Waals surface area contributed by atoms with Gasteiger partial charge in [-0.2, -0.15) is 0 Å². The quantitative estimate of drug-likeness (QED) is 0.103. The van der Waals surface area contributed by atoms with Gasteiger partial charge in [-0.3, -0.25) is 4.98 Å². The molecule has 0 bridgehead atoms. The van der Waals surface area contributed by atoms with Crippen LogP contribution in [0.25, 0.3) is 21.7 Å². The van der Waals surface area contributed by atoms with Gasteiger partial charge in [0.25, 0.3) is 5.11 Å². The molecular formula is C27H23F5N5O3+. The first-order valence-electron chi connectivity index (χ1n) is 12.4. The summed E-state index contributed by atoms with van der Waals surface area (Å²) in [5.41, 5.74) is 1.80. The number of hydrogen-bond acceptors (Lipinski definition) is 7. The molecule has 0 spiro atoms. The molecule has 208 valence electrons. The Morgan fingerprint density at radius 3 is 2.45 bits per heavy atom. The van der Waals surface area contributed by atoms with Crippen LogP contribution < -0.4 is 14.8 Å². The molecule has 5 rings (SSSR count). The maximum Gasteiger partial charge on any atom is 0.573 e. The molecule has 3 heterocycles. The van der Waals surface area contributed by atoms with E-state index in [0.717, 1.165) is 39.4 Å². The van der Waals surface area contributed by atoms with Crippen molar-refractivity contribution >= 4 is 27.5 Å². The van der Waals surface area contributed by atoms with Gasteiger partial charge < -0.3 is 19.5 Å². The fraction of sp³-hybridized carbons (Fsp3) is 0.296. The first-order valence-corrected chi connectivity index (χ1v) is 12.4. The Morgan fingerprint density at radius 2 is 1.70 bits per heavy atom. The summed E-state index contributed by atoms with van der Waals surface area (Å²) in [6, 6.07) is 9.30. The van der Waals surface area contributed by atoms with Crippen LogP contribution in [0.5, 0.6) is 11.6 Å². The minimum absolute atomic E-state index is 0.0848. The van der Waals surface area contributed by atoms with Gasteiger partial charge in [0.2, 0.25) is 11.6 Å². The van der Waals surface area contributed by atoms with Gasteiger partial charge in [0.05, 0.1) is 22.5 Å². The Morgan fingerprint density at radius 1 is 0.900 bits per heavy atom. The molecule has 1 N–H and O–H groups in total. The molecule has 13 heteroatoms. The molecule has 8 nitrogen and oxygen atoms in total. The van der Waals surface area contributed by atoms with Gasteiger partial charge >= 0.3 is 12.2 Å². The molecule has 1 aliphatic rings. The van der Waals surface area contributed by atoms with E-state index in [4.69, 9.17) is 9.47 Å². The highest BCUT2D eigenvalue weighted by Crippen LogP contribution is 2.31. The van der Waals surface area contributed by atoms with Crippen LogP contribution in [0.2, 0.25) is 0 Å². The topological polar surface area (TPSA) is 92.0 Å². The highest BCUT2D eigenvalue weighted by molar-refractivity contribution is 6.09. The fourth-order valence-corrected chi connectivity index (χ4v) is 4.12. The highest BCUT2D eigenvalue weighted by atomic mass is 19.4. The molecule has 0 atom stereocenters. The molecule has 0 aliphatic carbocycles. The largest absolute Gasteiger partial charge is 0.573 e. The molecular weight excluding hydrogens is 537 g/mol. The van der Waals surface area contributed by atoms with E-state index in [9.17, 15) is 22.0 Å². The van der Waals surface area contributed by atoms with Gasteiger partial charge in [0.1, 0.15) is 6.61 Å². The van der Waals surface area contributed by atoms with Crippen molar-refractivity contribution in [1.82, 2.24) is 15.3 Å². The minimum atomic E-state index is -5.18. The predicted octanol–water partition coefficient (Wildman–Crippen LogP) is 5.35. The van der Waals surface area contributed by atoms with Gasteiger partial charge in [0, 0.05) is 41.7 Å². The van der Waals surface area contributed by atoms with E-state index < -0.39 is 23.7 Å². The van der Waals surface area contributed by atoms with Gasteiger partial charge in [-0.15, -0.1) is 13.2 Å². The molecule has 1 aliphatic heterocycles. The number of aromatic nitrogens is 2. The zero-order chi connectivity index (χ0) is 28.1. The van der Waals surface area contributed by atoms with E-state index in [1.165, 1.54) is 0 Å². The second-order valence-electron chi connectivity index (χ2n) is 8.87. The smallest absolute Gasteiger partial charge is 0.475 e. The lowest BCUT2D eigenvalue weighted by atomic mass is 10.1. The fourth-order valence-electron chi connectivity index (χ4n) is 4.12.